The summed E-state index contributed by atoms with van der Waals surface area (Å²) in [5, 5.41) is 9.89. The molecule has 1 fully saturated rings. The second-order valence-electron chi connectivity index (χ2n) is 4.62. The standard InChI is InChI=1S/C15H19NO/c1-13-6-8-14(9-7-13)15(17)5-4-12-16-10-2-3-11-16/h6-9,15,17H,2-3,10-12H2,1H3. The Kier molecular flexibility index (Phi) is 4.19. The number of likely N-dealkylation sites (tertiary alicyclic amines) is 1. The van der Waals surface area contributed by atoms with Gasteiger partial charge in [-0.1, -0.05) is 41.7 Å². The summed E-state index contributed by atoms with van der Waals surface area (Å²) in [6, 6.07) is 7.87. The van der Waals surface area contributed by atoms with Crippen molar-refractivity contribution >= 4 is 0 Å². The number of aliphatic hydroxyl groups is 1. The van der Waals surface area contributed by atoms with Crippen molar-refractivity contribution < 1.29 is 5.11 Å². The Morgan fingerprint density at radius 1 is 1.24 bits per heavy atom. The van der Waals surface area contributed by atoms with Gasteiger partial charge in [0.05, 0.1) is 6.54 Å². The molecule has 0 bridgehead atoms. The molecule has 1 saturated heterocycles. The molecule has 0 spiro atoms. The van der Waals surface area contributed by atoms with E-state index in [9.17, 15) is 5.11 Å². The molecule has 90 valence electrons. The van der Waals surface area contributed by atoms with Gasteiger partial charge < -0.3 is 5.11 Å². The fourth-order valence-corrected chi connectivity index (χ4v) is 2.03. The zero-order valence-electron chi connectivity index (χ0n) is 10.3. The van der Waals surface area contributed by atoms with Crippen molar-refractivity contribution in [1.29, 1.82) is 0 Å². The molecule has 1 aromatic rings. The first-order valence-corrected chi connectivity index (χ1v) is 6.21. The third kappa shape index (κ3) is 3.59. The highest BCUT2D eigenvalue weighted by Gasteiger charge is 2.09. The number of aliphatic hydroxyl groups excluding tert-OH is 1. The molecule has 0 aromatic heterocycles. The first-order valence-electron chi connectivity index (χ1n) is 6.21. The minimum atomic E-state index is -0.654. The molecular formula is C15H19NO. The Labute approximate surface area is 103 Å². The Hall–Kier alpha value is -1.30. The summed E-state index contributed by atoms with van der Waals surface area (Å²) in [5.41, 5.74) is 2.08. The SMILES string of the molecule is Cc1ccc(C(O)C#CCN2CCCC2)cc1. The van der Waals surface area contributed by atoms with Crippen LogP contribution in [0.25, 0.3) is 0 Å². The van der Waals surface area contributed by atoms with Gasteiger partial charge in [-0.15, -0.1) is 0 Å². The quantitative estimate of drug-likeness (QED) is 0.785. The van der Waals surface area contributed by atoms with Gasteiger partial charge in [-0.2, -0.15) is 0 Å². The van der Waals surface area contributed by atoms with Gasteiger partial charge in [0.2, 0.25) is 0 Å². The highest BCUT2D eigenvalue weighted by Crippen LogP contribution is 2.12. The number of hydrogen-bond acceptors (Lipinski definition) is 2. The minimum Gasteiger partial charge on any atom is -0.376 e. The summed E-state index contributed by atoms with van der Waals surface area (Å²) >= 11 is 0. The molecular weight excluding hydrogens is 210 g/mol. The van der Waals surface area contributed by atoms with E-state index >= 15 is 0 Å². The molecule has 1 heterocycles. The molecule has 2 rings (SSSR count). The smallest absolute Gasteiger partial charge is 0.140 e. The van der Waals surface area contributed by atoms with E-state index in [0.29, 0.717) is 0 Å². The van der Waals surface area contributed by atoms with Gasteiger partial charge in [-0.3, -0.25) is 4.90 Å². The lowest BCUT2D eigenvalue weighted by Gasteiger charge is -2.09. The summed E-state index contributed by atoms with van der Waals surface area (Å²) in [7, 11) is 0. The zero-order valence-corrected chi connectivity index (χ0v) is 10.3. The van der Waals surface area contributed by atoms with Crippen LogP contribution in [0, 0.1) is 18.8 Å². The van der Waals surface area contributed by atoms with Crippen LogP contribution >= 0.6 is 0 Å². The number of aryl methyl sites for hydroxylation is 1. The van der Waals surface area contributed by atoms with E-state index in [2.05, 4.69) is 16.7 Å². The van der Waals surface area contributed by atoms with Gasteiger partial charge >= 0.3 is 0 Å². The van der Waals surface area contributed by atoms with Crippen LogP contribution in [0.5, 0.6) is 0 Å². The molecule has 1 atom stereocenters. The van der Waals surface area contributed by atoms with Crippen LogP contribution in [0.1, 0.15) is 30.1 Å². The van der Waals surface area contributed by atoms with Crippen molar-refractivity contribution in [3.63, 3.8) is 0 Å². The summed E-state index contributed by atoms with van der Waals surface area (Å²) in [6.07, 6.45) is 1.91. The molecule has 1 aliphatic heterocycles. The van der Waals surface area contributed by atoms with E-state index in [1.54, 1.807) is 0 Å². The lowest BCUT2D eigenvalue weighted by molar-refractivity contribution is 0.238. The fraction of sp³-hybridized carbons (Fsp3) is 0.467. The monoisotopic (exact) mass is 229 g/mol. The highest BCUT2D eigenvalue weighted by molar-refractivity contribution is 5.28. The predicted molar refractivity (Wildman–Crippen MR) is 69.6 cm³/mol. The van der Waals surface area contributed by atoms with Crippen molar-refractivity contribution in [2.24, 2.45) is 0 Å². The molecule has 2 heteroatoms. The highest BCUT2D eigenvalue weighted by atomic mass is 16.3. The summed E-state index contributed by atoms with van der Waals surface area (Å²) in [6.45, 7) is 5.11. The maximum absolute atomic E-state index is 9.89. The van der Waals surface area contributed by atoms with Crippen molar-refractivity contribution in [3.05, 3.63) is 35.4 Å². The fourth-order valence-electron chi connectivity index (χ4n) is 2.03. The third-order valence-corrected chi connectivity index (χ3v) is 3.13. The maximum Gasteiger partial charge on any atom is 0.140 e. The lowest BCUT2D eigenvalue weighted by atomic mass is 10.1. The largest absolute Gasteiger partial charge is 0.376 e. The van der Waals surface area contributed by atoms with Gasteiger partial charge in [0.25, 0.3) is 0 Å². The summed E-state index contributed by atoms with van der Waals surface area (Å²) in [5.74, 6) is 5.98. The molecule has 0 saturated carbocycles. The van der Waals surface area contributed by atoms with Crippen LogP contribution in [0.3, 0.4) is 0 Å². The Morgan fingerprint density at radius 2 is 1.88 bits per heavy atom. The van der Waals surface area contributed by atoms with E-state index in [1.807, 2.05) is 31.2 Å². The Morgan fingerprint density at radius 3 is 2.53 bits per heavy atom. The first-order chi connectivity index (χ1) is 8.25. The van der Waals surface area contributed by atoms with Crippen molar-refractivity contribution in [1.82, 2.24) is 4.90 Å². The average molecular weight is 229 g/mol. The van der Waals surface area contributed by atoms with Gasteiger partial charge in [0.1, 0.15) is 6.10 Å². The summed E-state index contributed by atoms with van der Waals surface area (Å²) in [4.78, 5) is 2.33. The van der Waals surface area contributed by atoms with Crippen molar-refractivity contribution in [3.8, 4) is 11.8 Å². The lowest BCUT2D eigenvalue weighted by Crippen LogP contribution is -2.19. The van der Waals surface area contributed by atoms with Crippen molar-refractivity contribution in [2.75, 3.05) is 19.6 Å². The molecule has 0 radical (unpaired) electrons. The van der Waals surface area contributed by atoms with Gasteiger partial charge in [-0.25, -0.2) is 0 Å². The number of hydrogen-bond donors (Lipinski definition) is 1. The molecule has 0 aliphatic carbocycles. The molecule has 1 aliphatic rings. The van der Waals surface area contributed by atoms with Crippen LogP contribution < -0.4 is 0 Å². The van der Waals surface area contributed by atoms with Gasteiger partial charge in [-0.05, 0) is 38.4 Å². The van der Waals surface area contributed by atoms with E-state index < -0.39 is 6.10 Å². The molecule has 2 nitrogen and oxygen atoms in total. The van der Waals surface area contributed by atoms with E-state index in [0.717, 1.165) is 25.2 Å². The number of benzene rings is 1. The first kappa shape index (κ1) is 12.2. The second kappa shape index (κ2) is 5.86. The predicted octanol–water partition coefficient (Wildman–Crippen LogP) is 2.13. The molecule has 17 heavy (non-hydrogen) atoms. The second-order valence-corrected chi connectivity index (χ2v) is 4.62. The van der Waals surface area contributed by atoms with E-state index in [-0.39, 0.29) is 0 Å². The van der Waals surface area contributed by atoms with Gasteiger partial charge in [0, 0.05) is 0 Å². The Bertz CT molecular complexity index is 407. The normalized spacial score (nSPS) is 17.5. The molecule has 1 aromatic carbocycles. The Balaban J connectivity index is 1.89. The minimum absolute atomic E-state index is 0.654. The van der Waals surface area contributed by atoms with Gasteiger partial charge in [0.15, 0.2) is 0 Å². The average Bonchev–Trinajstić information content (AvgIpc) is 2.83. The van der Waals surface area contributed by atoms with E-state index in [1.165, 1.54) is 18.4 Å². The molecule has 1 unspecified atom stereocenters. The topological polar surface area (TPSA) is 23.5 Å². The number of nitrogens with zero attached hydrogens (tertiary/aromatic N) is 1. The van der Waals surface area contributed by atoms with Crippen LogP contribution in [0.4, 0.5) is 0 Å². The van der Waals surface area contributed by atoms with Crippen LogP contribution in [0.15, 0.2) is 24.3 Å². The summed E-state index contributed by atoms with van der Waals surface area (Å²) < 4.78 is 0. The molecule has 1 N–H and O–H groups in total. The van der Waals surface area contributed by atoms with E-state index in [4.69, 9.17) is 0 Å². The van der Waals surface area contributed by atoms with Crippen molar-refractivity contribution in [2.45, 2.75) is 25.9 Å². The van der Waals surface area contributed by atoms with Crippen LogP contribution in [0.2, 0.25) is 0 Å². The van der Waals surface area contributed by atoms with Crippen LogP contribution in [-0.2, 0) is 0 Å². The molecule has 0 amide bonds. The zero-order chi connectivity index (χ0) is 12.1. The third-order valence-electron chi connectivity index (χ3n) is 3.13. The van der Waals surface area contributed by atoms with Crippen LogP contribution in [-0.4, -0.2) is 29.6 Å². The maximum atomic E-state index is 9.89. The number of rotatable bonds is 2.